The van der Waals surface area contributed by atoms with Gasteiger partial charge in [-0.05, 0) is 27.7 Å². The van der Waals surface area contributed by atoms with Crippen molar-refractivity contribution in [3.8, 4) is 0 Å². The molecule has 0 aliphatic heterocycles. The van der Waals surface area contributed by atoms with Crippen LogP contribution < -0.4 is 5.32 Å². The monoisotopic (exact) mass is 165 g/mol. The zero-order valence-corrected chi connectivity index (χ0v) is 8.05. The summed E-state index contributed by atoms with van der Waals surface area (Å²) < 4.78 is 0. The molecule has 0 aliphatic carbocycles. The minimum absolute atomic E-state index is 0.0563. The van der Waals surface area contributed by atoms with E-state index in [1.165, 1.54) is 0 Å². The fraction of sp³-hybridized carbons (Fsp3) is 0.556. The Labute approximate surface area is 73.2 Å². The molecule has 3 heteroatoms. The SMILES string of the molecule is Cc1cc(NC(C)(C)C)ncn1. The second-order valence-corrected chi connectivity index (χ2v) is 3.92. The Bertz CT molecular complexity index is 263. The maximum atomic E-state index is 4.10. The van der Waals surface area contributed by atoms with Gasteiger partial charge in [0.15, 0.2) is 0 Å². The average molecular weight is 165 g/mol. The minimum Gasteiger partial charge on any atom is -0.365 e. The quantitative estimate of drug-likeness (QED) is 0.691. The van der Waals surface area contributed by atoms with Crippen LogP contribution in [-0.4, -0.2) is 15.5 Å². The van der Waals surface area contributed by atoms with Crippen molar-refractivity contribution in [1.29, 1.82) is 0 Å². The second-order valence-electron chi connectivity index (χ2n) is 3.92. The maximum absolute atomic E-state index is 4.10. The molecule has 0 unspecified atom stereocenters. The summed E-state index contributed by atoms with van der Waals surface area (Å²) in [5.74, 6) is 0.884. The predicted octanol–water partition coefficient (Wildman–Crippen LogP) is 2.00. The van der Waals surface area contributed by atoms with Gasteiger partial charge in [-0.3, -0.25) is 0 Å². The fourth-order valence-electron chi connectivity index (χ4n) is 0.907. The van der Waals surface area contributed by atoms with Crippen molar-refractivity contribution < 1.29 is 0 Å². The smallest absolute Gasteiger partial charge is 0.129 e. The lowest BCUT2D eigenvalue weighted by Crippen LogP contribution is -2.26. The van der Waals surface area contributed by atoms with Crippen LogP contribution in [0.25, 0.3) is 0 Å². The molecule has 3 nitrogen and oxygen atoms in total. The van der Waals surface area contributed by atoms with E-state index in [-0.39, 0.29) is 5.54 Å². The molecule has 1 aromatic heterocycles. The van der Waals surface area contributed by atoms with Crippen LogP contribution in [0.4, 0.5) is 5.82 Å². The highest BCUT2D eigenvalue weighted by atomic mass is 15.1. The van der Waals surface area contributed by atoms with Gasteiger partial charge in [0.05, 0.1) is 0 Å². The molecule has 0 saturated carbocycles. The van der Waals surface area contributed by atoms with Crippen LogP contribution >= 0.6 is 0 Å². The number of aryl methyl sites for hydroxylation is 1. The fourth-order valence-corrected chi connectivity index (χ4v) is 0.907. The topological polar surface area (TPSA) is 37.8 Å². The van der Waals surface area contributed by atoms with Gasteiger partial charge < -0.3 is 5.32 Å². The van der Waals surface area contributed by atoms with E-state index in [4.69, 9.17) is 0 Å². The molecule has 0 aromatic carbocycles. The summed E-state index contributed by atoms with van der Waals surface area (Å²) in [6, 6.07) is 1.94. The Morgan fingerprint density at radius 2 is 1.92 bits per heavy atom. The van der Waals surface area contributed by atoms with Crippen molar-refractivity contribution in [1.82, 2.24) is 9.97 Å². The number of rotatable bonds is 1. The van der Waals surface area contributed by atoms with Crippen LogP contribution in [0.5, 0.6) is 0 Å². The van der Waals surface area contributed by atoms with Crippen LogP contribution in [0.2, 0.25) is 0 Å². The van der Waals surface area contributed by atoms with Crippen LogP contribution in [0.15, 0.2) is 12.4 Å². The van der Waals surface area contributed by atoms with Crippen molar-refractivity contribution in [2.24, 2.45) is 0 Å². The number of aromatic nitrogens is 2. The van der Waals surface area contributed by atoms with E-state index in [0.29, 0.717) is 0 Å². The van der Waals surface area contributed by atoms with Crippen molar-refractivity contribution in [3.63, 3.8) is 0 Å². The van der Waals surface area contributed by atoms with E-state index in [0.717, 1.165) is 11.5 Å². The molecule has 0 atom stereocenters. The Morgan fingerprint density at radius 3 is 2.42 bits per heavy atom. The average Bonchev–Trinajstić information content (AvgIpc) is 1.82. The molecule has 0 saturated heterocycles. The molecular weight excluding hydrogens is 150 g/mol. The summed E-state index contributed by atoms with van der Waals surface area (Å²) in [5.41, 5.74) is 1.04. The van der Waals surface area contributed by atoms with E-state index in [9.17, 15) is 0 Å². The van der Waals surface area contributed by atoms with E-state index < -0.39 is 0 Å². The number of hydrogen-bond donors (Lipinski definition) is 1. The second kappa shape index (κ2) is 3.09. The summed E-state index contributed by atoms with van der Waals surface area (Å²) in [7, 11) is 0. The van der Waals surface area contributed by atoms with Crippen LogP contribution in [0.3, 0.4) is 0 Å². The highest BCUT2D eigenvalue weighted by Gasteiger charge is 2.09. The van der Waals surface area contributed by atoms with Crippen molar-refractivity contribution in [2.75, 3.05) is 5.32 Å². The zero-order valence-electron chi connectivity index (χ0n) is 8.05. The lowest BCUT2D eigenvalue weighted by Gasteiger charge is -2.20. The predicted molar refractivity (Wildman–Crippen MR) is 50.1 cm³/mol. The first-order chi connectivity index (χ1) is 5.47. The molecular formula is C9H15N3. The van der Waals surface area contributed by atoms with Crippen molar-refractivity contribution >= 4 is 5.82 Å². The van der Waals surface area contributed by atoms with E-state index in [1.54, 1.807) is 6.33 Å². The van der Waals surface area contributed by atoms with Gasteiger partial charge in [-0.25, -0.2) is 9.97 Å². The molecule has 1 heterocycles. The standard InChI is InChI=1S/C9H15N3/c1-7-5-8(11-6-10-7)12-9(2,3)4/h5-6H,1-4H3,(H,10,11,12). The summed E-state index contributed by atoms with van der Waals surface area (Å²) in [5, 5.41) is 3.27. The molecule has 66 valence electrons. The van der Waals surface area contributed by atoms with Gasteiger partial charge in [0.1, 0.15) is 12.1 Å². The van der Waals surface area contributed by atoms with Crippen molar-refractivity contribution in [2.45, 2.75) is 33.2 Å². The first-order valence-corrected chi connectivity index (χ1v) is 4.04. The summed E-state index contributed by atoms with van der Waals surface area (Å²) in [4.78, 5) is 8.12. The zero-order chi connectivity index (χ0) is 9.19. The molecule has 12 heavy (non-hydrogen) atoms. The lowest BCUT2D eigenvalue weighted by molar-refractivity contribution is 0.630. The molecule has 0 fully saturated rings. The summed E-state index contributed by atoms with van der Waals surface area (Å²) in [6.07, 6.45) is 1.57. The number of nitrogens with one attached hydrogen (secondary N) is 1. The van der Waals surface area contributed by atoms with Crippen LogP contribution in [-0.2, 0) is 0 Å². The first kappa shape index (κ1) is 8.97. The molecule has 1 aromatic rings. The van der Waals surface area contributed by atoms with Gasteiger partial charge >= 0.3 is 0 Å². The molecule has 0 radical (unpaired) electrons. The molecule has 1 rings (SSSR count). The molecule has 0 amide bonds. The Balaban J connectivity index is 2.77. The third-order valence-corrected chi connectivity index (χ3v) is 1.31. The van der Waals surface area contributed by atoms with E-state index in [2.05, 4.69) is 36.1 Å². The highest BCUT2D eigenvalue weighted by molar-refractivity contribution is 5.36. The summed E-state index contributed by atoms with van der Waals surface area (Å²) >= 11 is 0. The van der Waals surface area contributed by atoms with Gasteiger partial charge in [-0.15, -0.1) is 0 Å². The largest absolute Gasteiger partial charge is 0.365 e. The van der Waals surface area contributed by atoms with E-state index >= 15 is 0 Å². The van der Waals surface area contributed by atoms with Crippen molar-refractivity contribution in [3.05, 3.63) is 18.1 Å². The number of anilines is 1. The molecule has 1 N–H and O–H groups in total. The molecule has 0 spiro atoms. The Morgan fingerprint density at radius 1 is 1.25 bits per heavy atom. The van der Waals surface area contributed by atoms with Gasteiger partial charge in [0.25, 0.3) is 0 Å². The first-order valence-electron chi connectivity index (χ1n) is 4.04. The van der Waals surface area contributed by atoms with Gasteiger partial charge in [-0.2, -0.15) is 0 Å². The maximum Gasteiger partial charge on any atom is 0.129 e. The van der Waals surface area contributed by atoms with Gasteiger partial charge in [-0.1, -0.05) is 0 Å². The van der Waals surface area contributed by atoms with Gasteiger partial charge in [0.2, 0.25) is 0 Å². The Hall–Kier alpha value is -1.12. The van der Waals surface area contributed by atoms with Gasteiger partial charge in [0, 0.05) is 17.3 Å². The van der Waals surface area contributed by atoms with Crippen LogP contribution in [0.1, 0.15) is 26.5 Å². The summed E-state index contributed by atoms with van der Waals surface area (Å²) in [6.45, 7) is 8.26. The van der Waals surface area contributed by atoms with Crippen LogP contribution in [0, 0.1) is 6.92 Å². The molecule has 0 aliphatic rings. The lowest BCUT2D eigenvalue weighted by atomic mass is 10.1. The minimum atomic E-state index is 0.0563. The number of nitrogens with zero attached hydrogens (tertiary/aromatic N) is 2. The van der Waals surface area contributed by atoms with E-state index in [1.807, 2.05) is 13.0 Å². The third kappa shape index (κ3) is 2.86. The molecule has 0 bridgehead atoms. The third-order valence-electron chi connectivity index (χ3n) is 1.31. The highest BCUT2D eigenvalue weighted by Crippen LogP contribution is 2.10. The Kier molecular flexibility index (Phi) is 2.31. The normalized spacial score (nSPS) is 11.3. The number of hydrogen-bond acceptors (Lipinski definition) is 3.